The topological polar surface area (TPSA) is 59.1 Å². The maximum Gasteiger partial charge on any atom is 0.338 e. The lowest BCUT2D eigenvalue weighted by atomic mass is 9.66. The second-order valence-electron chi connectivity index (χ2n) is 10.8. The van der Waals surface area contributed by atoms with Crippen molar-refractivity contribution in [1.29, 1.82) is 0 Å². The van der Waals surface area contributed by atoms with Gasteiger partial charge in [-0.2, -0.15) is 0 Å². The largest absolute Gasteiger partial charge is 0.508 e. The number of cyclic esters (lactones) is 1. The highest BCUT2D eigenvalue weighted by molar-refractivity contribution is 9.09. The van der Waals surface area contributed by atoms with Gasteiger partial charge in [0.15, 0.2) is 0 Å². The zero-order chi connectivity index (χ0) is 23.5. The molecule has 3 aliphatic rings. The molecule has 176 valence electrons. The van der Waals surface area contributed by atoms with Gasteiger partial charge in [0.25, 0.3) is 0 Å². The zero-order valence-corrected chi connectivity index (χ0v) is 22.8. The SMILES string of the molecule is CC1=C2Cc3cc(ccc3O)C(=O)OC(C)(C)C(Br)CC3(C)OC3CCC2(C)C(Br)CC1. The van der Waals surface area contributed by atoms with Gasteiger partial charge in [-0.1, -0.05) is 49.9 Å². The molecule has 4 rings (SSSR count). The van der Waals surface area contributed by atoms with Gasteiger partial charge in [0.05, 0.1) is 22.1 Å². The Morgan fingerprint density at radius 1 is 1.09 bits per heavy atom. The molecule has 0 radical (unpaired) electrons. The van der Waals surface area contributed by atoms with Gasteiger partial charge in [0.1, 0.15) is 11.4 Å². The quantitative estimate of drug-likeness (QED) is 0.160. The first-order valence-electron chi connectivity index (χ1n) is 11.6. The third-order valence-electron chi connectivity index (χ3n) is 8.01. The molecule has 1 saturated heterocycles. The van der Waals surface area contributed by atoms with Crippen LogP contribution in [0.15, 0.2) is 29.3 Å². The smallest absolute Gasteiger partial charge is 0.338 e. The van der Waals surface area contributed by atoms with E-state index in [1.165, 1.54) is 11.1 Å². The molecule has 1 fully saturated rings. The van der Waals surface area contributed by atoms with Crippen LogP contribution in [0.4, 0.5) is 0 Å². The van der Waals surface area contributed by atoms with Crippen molar-refractivity contribution in [2.45, 2.75) is 100 Å². The number of hydrogen-bond donors (Lipinski definition) is 1. The number of esters is 1. The number of phenolic OH excluding ortho intramolecular Hbond substituents is 1. The molecule has 5 unspecified atom stereocenters. The first-order valence-corrected chi connectivity index (χ1v) is 13.4. The monoisotopic (exact) mass is 568 g/mol. The molecule has 1 aromatic carbocycles. The Morgan fingerprint density at radius 3 is 2.53 bits per heavy atom. The number of carbonyl (C=O) groups excluding carboxylic acids is 1. The number of hydrogen-bond acceptors (Lipinski definition) is 4. The first-order chi connectivity index (χ1) is 14.9. The van der Waals surface area contributed by atoms with Crippen LogP contribution in [0, 0.1) is 5.41 Å². The molecule has 0 saturated carbocycles. The number of halogens is 2. The van der Waals surface area contributed by atoms with Gasteiger partial charge < -0.3 is 14.6 Å². The van der Waals surface area contributed by atoms with E-state index in [0.29, 0.717) is 16.8 Å². The van der Waals surface area contributed by atoms with Crippen molar-refractivity contribution in [3.8, 4) is 5.75 Å². The summed E-state index contributed by atoms with van der Waals surface area (Å²) < 4.78 is 12.1. The average Bonchev–Trinajstić information content (AvgIpc) is 3.36. The van der Waals surface area contributed by atoms with E-state index < -0.39 is 5.60 Å². The minimum absolute atomic E-state index is 0.0363. The fourth-order valence-electron chi connectivity index (χ4n) is 5.42. The Labute approximate surface area is 208 Å². The molecule has 2 heterocycles. The molecule has 1 N–H and O–H groups in total. The van der Waals surface area contributed by atoms with Gasteiger partial charge in [-0.25, -0.2) is 4.79 Å². The fraction of sp³-hybridized carbons (Fsp3) is 0.654. The molecule has 1 aromatic rings. The number of allylic oxidation sites excluding steroid dienone is 2. The molecule has 1 aliphatic carbocycles. The van der Waals surface area contributed by atoms with E-state index in [2.05, 4.69) is 52.6 Å². The number of phenols is 1. The molecular weight excluding hydrogens is 536 g/mol. The van der Waals surface area contributed by atoms with Crippen molar-refractivity contribution in [2.24, 2.45) is 5.41 Å². The fourth-order valence-corrected chi connectivity index (χ4v) is 6.89. The zero-order valence-electron chi connectivity index (χ0n) is 19.6. The lowest BCUT2D eigenvalue weighted by Crippen LogP contribution is -2.40. The second-order valence-corrected chi connectivity index (χ2v) is 13.0. The summed E-state index contributed by atoms with van der Waals surface area (Å²) in [6.07, 6.45) is 5.75. The van der Waals surface area contributed by atoms with Crippen LogP contribution in [-0.4, -0.2) is 38.0 Å². The van der Waals surface area contributed by atoms with E-state index in [1.807, 2.05) is 13.8 Å². The minimum Gasteiger partial charge on any atom is -0.508 e. The van der Waals surface area contributed by atoms with Crippen molar-refractivity contribution in [1.82, 2.24) is 0 Å². The van der Waals surface area contributed by atoms with Gasteiger partial charge in [-0.3, -0.25) is 0 Å². The molecule has 6 heteroatoms. The summed E-state index contributed by atoms with van der Waals surface area (Å²) in [4.78, 5) is 13.4. The van der Waals surface area contributed by atoms with E-state index in [9.17, 15) is 9.90 Å². The van der Waals surface area contributed by atoms with Gasteiger partial charge in [-0.05, 0) is 90.0 Å². The van der Waals surface area contributed by atoms with Crippen LogP contribution in [0.5, 0.6) is 5.75 Å². The van der Waals surface area contributed by atoms with Crippen LogP contribution >= 0.6 is 31.9 Å². The highest BCUT2D eigenvalue weighted by Gasteiger charge is 2.55. The molecule has 4 nitrogen and oxygen atoms in total. The number of carbonyl (C=O) groups is 1. The number of benzene rings is 1. The van der Waals surface area contributed by atoms with E-state index >= 15 is 0 Å². The first kappa shape index (κ1) is 24.3. The molecule has 2 aliphatic heterocycles. The Hall–Kier alpha value is -0.850. The van der Waals surface area contributed by atoms with Crippen molar-refractivity contribution in [2.75, 3.05) is 0 Å². The predicted octanol–water partition coefficient (Wildman–Crippen LogP) is 6.86. The lowest BCUT2D eigenvalue weighted by molar-refractivity contribution is -0.00380. The normalized spacial score (nSPS) is 37.5. The highest BCUT2D eigenvalue weighted by Crippen LogP contribution is 2.53. The average molecular weight is 570 g/mol. The van der Waals surface area contributed by atoms with Crippen LogP contribution in [0.2, 0.25) is 0 Å². The lowest BCUT2D eigenvalue weighted by Gasteiger charge is -2.42. The third-order valence-corrected chi connectivity index (χ3v) is 10.9. The van der Waals surface area contributed by atoms with Crippen LogP contribution in [0.3, 0.4) is 0 Å². The molecule has 5 atom stereocenters. The van der Waals surface area contributed by atoms with Crippen LogP contribution < -0.4 is 0 Å². The van der Waals surface area contributed by atoms with Crippen molar-refractivity contribution < 1.29 is 19.4 Å². The Balaban J connectivity index is 1.77. The van der Waals surface area contributed by atoms with E-state index in [1.54, 1.807) is 18.2 Å². The summed E-state index contributed by atoms with van der Waals surface area (Å²) >= 11 is 7.78. The van der Waals surface area contributed by atoms with Crippen molar-refractivity contribution >= 4 is 37.8 Å². The number of fused-ring (bicyclic) bond motifs is 4. The molecule has 0 spiro atoms. The molecular formula is C26H34Br2O4. The molecule has 2 bridgehead atoms. The number of ether oxygens (including phenoxy) is 2. The second kappa shape index (κ2) is 8.42. The summed E-state index contributed by atoms with van der Waals surface area (Å²) in [5.74, 6) is -0.148. The predicted molar refractivity (Wildman–Crippen MR) is 134 cm³/mol. The maximum atomic E-state index is 13.0. The summed E-state index contributed by atoms with van der Waals surface area (Å²) in [6, 6.07) is 5.07. The Kier molecular flexibility index (Phi) is 6.39. The van der Waals surface area contributed by atoms with E-state index in [-0.39, 0.29) is 33.7 Å². The van der Waals surface area contributed by atoms with Gasteiger partial charge in [0.2, 0.25) is 0 Å². The van der Waals surface area contributed by atoms with Gasteiger partial charge >= 0.3 is 5.97 Å². The van der Waals surface area contributed by atoms with E-state index in [4.69, 9.17) is 9.47 Å². The van der Waals surface area contributed by atoms with Crippen molar-refractivity contribution in [3.05, 3.63) is 40.5 Å². The van der Waals surface area contributed by atoms with Crippen LogP contribution in [0.25, 0.3) is 0 Å². The summed E-state index contributed by atoms with van der Waals surface area (Å²) in [6.45, 7) is 10.6. The standard InChI is InChI=1S/C26H34Br2O4/c1-15-6-9-20(27)25(4)11-10-22-26(5,31-22)14-21(28)24(2,3)32-23(30)16-7-8-19(29)17(12-16)13-18(15)25/h7-8,12,20-22,29H,6,9-11,13-14H2,1-5H3. The van der Waals surface area contributed by atoms with E-state index in [0.717, 1.165) is 37.7 Å². The molecule has 32 heavy (non-hydrogen) atoms. The number of rotatable bonds is 0. The number of alkyl halides is 2. The van der Waals surface area contributed by atoms with Crippen LogP contribution in [0.1, 0.15) is 82.6 Å². The van der Waals surface area contributed by atoms with Gasteiger partial charge in [0, 0.05) is 10.2 Å². The summed E-state index contributed by atoms with van der Waals surface area (Å²) in [5, 5.41) is 10.6. The summed E-state index contributed by atoms with van der Waals surface area (Å²) in [7, 11) is 0. The molecule has 0 aromatic heterocycles. The third kappa shape index (κ3) is 4.44. The minimum atomic E-state index is -0.700. The molecule has 0 amide bonds. The number of epoxide rings is 1. The highest BCUT2D eigenvalue weighted by atomic mass is 79.9. The Bertz CT molecular complexity index is 955. The summed E-state index contributed by atoms with van der Waals surface area (Å²) in [5.41, 5.74) is 3.05. The maximum absolute atomic E-state index is 13.0. The number of aromatic hydroxyl groups is 1. The van der Waals surface area contributed by atoms with Gasteiger partial charge in [-0.15, -0.1) is 0 Å². The van der Waals surface area contributed by atoms with Crippen LogP contribution in [-0.2, 0) is 15.9 Å². The Morgan fingerprint density at radius 2 is 1.81 bits per heavy atom. The van der Waals surface area contributed by atoms with Crippen molar-refractivity contribution in [3.63, 3.8) is 0 Å².